The standard InChI is InChI=1S/C21H28N4OS/c1-22-21(24(2)3)27-17-15-25-13-10-18(11-14-25)8-9-19-6-4-5-7-20(19)23-12-16-26/h4-11,13-14,26H,12,15-17H2,1-3H3/p+1. The van der Waals surface area contributed by atoms with Crippen molar-refractivity contribution in [2.45, 2.75) is 6.54 Å². The molecular weight excluding hydrogens is 356 g/mol. The highest BCUT2D eigenvalue weighted by Crippen LogP contribution is 2.17. The van der Waals surface area contributed by atoms with Gasteiger partial charge in [-0.25, -0.2) is 4.57 Å². The largest absolute Gasteiger partial charge is 0.395 e. The highest BCUT2D eigenvalue weighted by atomic mass is 32.2. The molecule has 2 N–H and O–H groups in total. The van der Waals surface area contributed by atoms with Gasteiger partial charge in [0.1, 0.15) is 0 Å². The maximum Gasteiger partial charge on any atom is 0.169 e. The van der Waals surface area contributed by atoms with E-state index in [4.69, 9.17) is 5.11 Å². The van der Waals surface area contributed by atoms with E-state index in [2.05, 4.69) is 57.6 Å². The van der Waals surface area contributed by atoms with Crippen LogP contribution in [0.4, 0.5) is 5.69 Å². The minimum atomic E-state index is 0.120. The number of nitrogens with one attached hydrogen (secondary N) is 1. The fraction of sp³-hybridized carbons (Fsp3) is 0.333. The van der Waals surface area contributed by atoms with Gasteiger partial charge in [-0.2, -0.15) is 0 Å². The number of benzene rings is 1. The Bertz CT molecular complexity index is 757. The molecule has 0 saturated heterocycles. The molecule has 1 heterocycles. The van der Waals surface area contributed by atoms with Crippen LogP contribution in [-0.2, 0) is 6.54 Å². The molecule has 2 rings (SSSR count). The van der Waals surface area contributed by atoms with E-state index in [1.807, 2.05) is 44.2 Å². The number of anilines is 1. The normalized spacial score (nSPS) is 11.8. The summed E-state index contributed by atoms with van der Waals surface area (Å²) in [5.74, 6) is 0.981. The summed E-state index contributed by atoms with van der Waals surface area (Å²) in [5, 5.41) is 13.3. The number of aliphatic imine (C=N–C) groups is 1. The molecule has 0 fully saturated rings. The van der Waals surface area contributed by atoms with Crippen LogP contribution in [0.5, 0.6) is 0 Å². The molecule has 1 aromatic carbocycles. The van der Waals surface area contributed by atoms with Gasteiger partial charge in [-0.05, 0) is 17.2 Å². The molecule has 0 spiro atoms. The zero-order valence-electron chi connectivity index (χ0n) is 16.3. The predicted molar refractivity (Wildman–Crippen MR) is 117 cm³/mol. The molecule has 6 heteroatoms. The van der Waals surface area contributed by atoms with Crippen LogP contribution in [0.15, 0.2) is 53.8 Å². The Morgan fingerprint density at radius 3 is 2.59 bits per heavy atom. The maximum atomic E-state index is 8.99. The van der Waals surface area contributed by atoms with Gasteiger partial charge in [0.25, 0.3) is 0 Å². The molecule has 27 heavy (non-hydrogen) atoms. The Hall–Kier alpha value is -2.31. The summed E-state index contributed by atoms with van der Waals surface area (Å²) < 4.78 is 2.18. The molecule has 2 aromatic rings. The smallest absolute Gasteiger partial charge is 0.169 e. The van der Waals surface area contributed by atoms with Crippen LogP contribution in [0.25, 0.3) is 12.2 Å². The first-order chi connectivity index (χ1) is 13.1. The van der Waals surface area contributed by atoms with E-state index >= 15 is 0 Å². The van der Waals surface area contributed by atoms with Crippen molar-refractivity contribution in [2.75, 3.05) is 45.4 Å². The van der Waals surface area contributed by atoms with Crippen molar-refractivity contribution in [1.82, 2.24) is 4.90 Å². The number of aliphatic hydroxyl groups excluding tert-OH is 1. The Kier molecular flexibility index (Phi) is 8.87. The number of aliphatic hydroxyl groups is 1. The third-order valence-electron chi connectivity index (χ3n) is 3.91. The fourth-order valence-corrected chi connectivity index (χ4v) is 3.42. The minimum Gasteiger partial charge on any atom is -0.395 e. The Labute approximate surface area is 166 Å². The minimum absolute atomic E-state index is 0.120. The van der Waals surface area contributed by atoms with Gasteiger partial charge < -0.3 is 15.3 Å². The summed E-state index contributed by atoms with van der Waals surface area (Å²) in [6.07, 6.45) is 8.41. The highest BCUT2D eigenvalue weighted by molar-refractivity contribution is 8.13. The number of amidine groups is 1. The molecule has 0 aliphatic carbocycles. The second-order valence-corrected chi connectivity index (χ2v) is 7.25. The lowest BCUT2D eigenvalue weighted by atomic mass is 10.1. The van der Waals surface area contributed by atoms with Crippen LogP contribution in [0.2, 0.25) is 0 Å². The maximum absolute atomic E-state index is 8.99. The van der Waals surface area contributed by atoms with Gasteiger partial charge in [-0.1, -0.05) is 42.1 Å². The summed E-state index contributed by atoms with van der Waals surface area (Å²) in [5.41, 5.74) is 3.29. The van der Waals surface area contributed by atoms with Crippen LogP contribution in [-0.4, -0.2) is 55.2 Å². The lowest BCUT2D eigenvalue weighted by molar-refractivity contribution is -0.692. The average molecular weight is 386 g/mol. The van der Waals surface area contributed by atoms with Gasteiger partial charge >= 0.3 is 0 Å². The number of aryl methyl sites for hydroxylation is 1. The van der Waals surface area contributed by atoms with Crippen molar-refractivity contribution in [3.05, 3.63) is 59.9 Å². The van der Waals surface area contributed by atoms with Crippen LogP contribution in [0.3, 0.4) is 0 Å². The van der Waals surface area contributed by atoms with Gasteiger partial charge in [0.2, 0.25) is 0 Å². The molecule has 0 aliphatic heterocycles. The van der Waals surface area contributed by atoms with E-state index in [1.54, 1.807) is 11.8 Å². The van der Waals surface area contributed by atoms with E-state index in [1.165, 1.54) is 0 Å². The van der Waals surface area contributed by atoms with Crippen LogP contribution in [0.1, 0.15) is 11.1 Å². The Balaban J connectivity index is 1.93. The first kappa shape index (κ1) is 21.0. The first-order valence-corrected chi connectivity index (χ1v) is 10.0. The molecule has 0 radical (unpaired) electrons. The summed E-state index contributed by atoms with van der Waals surface area (Å²) >= 11 is 1.76. The molecular formula is C21H29N4OS+. The van der Waals surface area contributed by atoms with Gasteiger partial charge in [0.15, 0.2) is 24.1 Å². The number of thioether (sulfide) groups is 1. The van der Waals surface area contributed by atoms with Gasteiger partial charge in [0, 0.05) is 45.5 Å². The van der Waals surface area contributed by atoms with Gasteiger partial charge in [-0.3, -0.25) is 4.99 Å². The van der Waals surface area contributed by atoms with Crippen molar-refractivity contribution in [2.24, 2.45) is 4.99 Å². The summed E-state index contributed by atoms with van der Waals surface area (Å²) in [6.45, 7) is 1.61. The molecule has 0 atom stereocenters. The number of aromatic nitrogens is 1. The topological polar surface area (TPSA) is 51.7 Å². The molecule has 0 aliphatic rings. The summed E-state index contributed by atoms with van der Waals surface area (Å²) in [7, 11) is 5.86. The highest BCUT2D eigenvalue weighted by Gasteiger charge is 2.05. The second kappa shape index (κ2) is 11.4. The van der Waals surface area contributed by atoms with E-state index in [9.17, 15) is 0 Å². The molecule has 5 nitrogen and oxygen atoms in total. The molecule has 0 saturated carbocycles. The van der Waals surface area contributed by atoms with Crippen molar-refractivity contribution in [3.8, 4) is 0 Å². The molecule has 0 amide bonds. The monoisotopic (exact) mass is 385 g/mol. The molecule has 0 unspecified atom stereocenters. The molecule has 0 bridgehead atoms. The molecule has 1 aromatic heterocycles. The second-order valence-electron chi connectivity index (χ2n) is 6.19. The van der Waals surface area contributed by atoms with Gasteiger partial charge in [0.05, 0.1) is 12.4 Å². The summed E-state index contributed by atoms with van der Waals surface area (Å²) in [4.78, 5) is 6.32. The number of pyridine rings is 1. The predicted octanol–water partition coefficient (Wildman–Crippen LogP) is 2.83. The van der Waals surface area contributed by atoms with E-state index < -0.39 is 0 Å². The zero-order valence-corrected chi connectivity index (χ0v) is 17.1. The van der Waals surface area contributed by atoms with Crippen LogP contribution in [0, 0.1) is 0 Å². The van der Waals surface area contributed by atoms with Crippen molar-refractivity contribution >= 4 is 34.8 Å². The third kappa shape index (κ3) is 7.07. The number of nitrogens with zero attached hydrogens (tertiary/aromatic N) is 3. The number of para-hydroxylation sites is 1. The van der Waals surface area contributed by atoms with Crippen molar-refractivity contribution in [1.29, 1.82) is 0 Å². The lowest BCUT2D eigenvalue weighted by Gasteiger charge is -2.13. The third-order valence-corrected chi connectivity index (χ3v) is 5.11. The average Bonchev–Trinajstić information content (AvgIpc) is 2.69. The molecule has 144 valence electrons. The Morgan fingerprint density at radius 1 is 1.19 bits per heavy atom. The Morgan fingerprint density at radius 2 is 1.93 bits per heavy atom. The van der Waals surface area contributed by atoms with E-state index in [-0.39, 0.29) is 6.61 Å². The number of hydrogen-bond acceptors (Lipinski definition) is 4. The quantitative estimate of drug-likeness (QED) is 0.417. The lowest BCUT2D eigenvalue weighted by Crippen LogP contribution is -2.34. The summed E-state index contributed by atoms with van der Waals surface area (Å²) in [6, 6.07) is 12.3. The van der Waals surface area contributed by atoms with Crippen molar-refractivity contribution < 1.29 is 9.67 Å². The van der Waals surface area contributed by atoms with Crippen LogP contribution < -0.4 is 9.88 Å². The SMILES string of the molecule is CN=C(SCC[n+]1ccc(/C=C/c2ccccc2NCCO)cc1)N(C)C. The van der Waals surface area contributed by atoms with Crippen molar-refractivity contribution in [3.63, 3.8) is 0 Å². The fourth-order valence-electron chi connectivity index (χ4n) is 2.54. The first-order valence-electron chi connectivity index (χ1n) is 9.02. The van der Waals surface area contributed by atoms with E-state index in [0.717, 1.165) is 34.3 Å². The van der Waals surface area contributed by atoms with Crippen LogP contribution >= 0.6 is 11.8 Å². The van der Waals surface area contributed by atoms with E-state index in [0.29, 0.717) is 6.54 Å². The van der Waals surface area contributed by atoms with Gasteiger partial charge in [-0.15, -0.1) is 0 Å². The number of hydrogen-bond donors (Lipinski definition) is 2. The zero-order chi connectivity index (χ0) is 19.5. The number of rotatable bonds is 8.